The van der Waals surface area contributed by atoms with E-state index in [2.05, 4.69) is 207 Å². The second-order valence-electron chi connectivity index (χ2n) is 15.3. The number of nitrogens with zero attached hydrogens (tertiary/aromatic N) is 1. The summed E-state index contributed by atoms with van der Waals surface area (Å²) in [5, 5.41) is 6.85. The normalized spacial score (nSPS) is 13.1. The predicted molar refractivity (Wildman–Crippen MR) is 232 cm³/mol. The number of furan rings is 1. The second-order valence-corrected chi connectivity index (χ2v) is 15.3. The molecule has 0 bridgehead atoms. The number of hydrogen-bond donors (Lipinski definition) is 0. The Morgan fingerprint density at radius 1 is 0.400 bits per heavy atom. The van der Waals surface area contributed by atoms with Crippen LogP contribution in [0.25, 0.3) is 76.9 Å². The predicted octanol–water partition coefficient (Wildman–Crippen LogP) is 15.0. The fourth-order valence-electron chi connectivity index (χ4n) is 9.15. The molecule has 1 aliphatic rings. The first-order chi connectivity index (χ1) is 27.0. The number of benzene rings is 9. The topological polar surface area (TPSA) is 16.4 Å². The Hall–Kier alpha value is -6.90. The second kappa shape index (κ2) is 12.1. The molecule has 1 aromatic heterocycles. The molecule has 0 radical (unpaired) electrons. The fraction of sp³-hybridized carbons (Fsp3) is 0.0566. The summed E-state index contributed by atoms with van der Waals surface area (Å²) in [7, 11) is 0. The zero-order valence-corrected chi connectivity index (χ0v) is 30.8. The molecule has 0 aliphatic heterocycles. The van der Waals surface area contributed by atoms with Crippen LogP contribution in [0.2, 0.25) is 0 Å². The average molecular weight is 704 g/mol. The number of anilines is 3. The van der Waals surface area contributed by atoms with Crippen molar-refractivity contribution in [2.24, 2.45) is 0 Å². The Labute approximate surface area is 320 Å². The minimum Gasteiger partial charge on any atom is -0.455 e. The maximum atomic E-state index is 7.12. The molecule has 0 unspecified atom stereocenters. The van der Waals surface area contributed by atoms with Crippen molar-refractivity contribution in [2.45, 2.75) is 19.3 Å². The molecule has 0 atom stereocenters. The molecule has 0 amide bonds. The van der Waals surface area contributed by atoms with Gasteiger partial charge in [-0.15, -0.1) is 0 Å². The Kier molecular flexibility index (Phi) is 6.93. The van der Waals surface area contributed by atoms with Crippen LogP contribution in [-0.4, -0.2) is 0 Å². The molecule has 2 heteroatoms. The van der Waals surface area contributed by atoms with E-state index in [-0.39, 0.29) is 5.41 Å². The monoisotopic (exact) mass is 703 g/mol. The zero-order chi connectivity index (χ0) is 36.7. The highest BCUT2D eigenvalue weighted by Gasteiger charge is 2.36. The van der Waals surface area contributed by atoms with Gasteiger partial charge in [-0.25, -0.2) is 0 Å². The maximum absolute atomic E-state index is 7.12. The standard InChI is InChI=1S/C53H37NO/c1-53(2)47-24-14-13-21-41(47)42-28-27-39(32-48(42)53)54(38-26-25-34-15-9-10-20-37(34)31-38)49-33-46-45-30-29-40(35-16-5-3-6-17-35)50(36-18-7-4-8-19-36)52(45)55-51(46)44-23-12-11-22-43(44)49/h3-33H,1-2H3. The highest BCUT2D eigenvalue weighted by molar-refractivity contribution is 6.22. The van der Waals surface area contributed by atoms with Crippen LogP contribution in [0.5, 0.6) is 0 Å². The highest BCUT2D eigenvalue weighted by Crippen LogP contribution is 2.52. The summed E-state index contributed by atoms with van der Waals surface area (Å²) >= 11 is 0. The van der Waals surface area contributed by atoms with Crippen LogP contribution >= 0.6 is 0 Å². The minimum absolute atomic E-state index is 0.131. The highest BCUT2D eigenvalue weighted by atomic mass is 16.3. The van der Waals surface area contributed by atoms with Crippen LogP contribution < -0.4 is 4.90 Å². The summed E-state index contributed by atoms with van der Waals surface area (Å²) in [5.41, 5.74) is 14.9. The third-order valence-corrected chi connectivity index (χ3v) is 11.8. The smallest absolute Gasteiger partial charge is 0.143 e. The lowest BCUT2D eigenvalue weighted by atomic mass is 9.82. The van der Waals surface area contributed by atoms with Gasteiger partial charge in [-0.1, -0.05) is 166 Å². The first kappa shape index (κ1) is 31.6. The molecule has 11 rings (SSSR count). The molecule has 0 spiro atoms. The largest absolute Gasteiger partial charge is 0.455 e. The van der Waals surface area contributed by atoms with Crippen molar-refractivity contribution in [3.05, 3.63) is 199 Å². The molecule has 55 heavy (non-hydrogen) atoms. The molecule has 0 saturated carbocycles. The summed E-state index contributed by atoms with van der Waals surface area (Å²) in [6.45, 7) is 4.71. The van der Waals surface area contributed by atoms with E-state index in [1.165, 1.54) is 38.6 Å². The summed E-state index contributed by atoms with van der Waals surface area (Å²) < 4.78 is 7.12. The molecule has 0 fully saturated rings. The average Bonchev–Trinajstić information content (AvgIpc) is 3.73. The van der Waals surface area contributed by atoms with Crippen LogP contribution in [0, 0.1) is 0 Å². The van der Waals surface area contributed by atoms with Crippen LogP contribution in [0.3, 0.4) is 0 Å². The van der Waals surface area contributed by atoms with Crippen molar-refractivity contribution in [3.8, 4) is 33.4 Å². The van der Waals surface area contributed by atoms with Gasteiger partial charge in [0.15, 0.2) is 0 Å². The van der Waals surface area contributed by atoms with Gasteiger partial charge >= 0.3 is 0 Å². The molecule has 10 aromatic rings. The van der Waals surface area contributed by atoms with Gasteiger partial charge in [0.1, 0.15) is 11.2 Å². The third kappa shape index (κ3) is 4.81. The van der Waals surface area contributed by atoms with Gasteiger partial charge in [0.2, 0.25) is 0 Å². The van der Waals surface area contributed by atoms with Gasteiger partial charge < -0.3 is 9.32 Å². The lowest BCUT2D eigenvalue weighted by molar-refractivity contribution is 0.660. The summed E-state index contributed by atoms with van der Waals surface area (Å²) in [6, 6.07) is 68.3. The van der Waals surface area contributed by atoms with Crippen molar-refractivity contribution in [1.29, 1.82) is 0 Å². The van der Waals surface area contributed by atoms with Crippen molar-refractivity contribution < 1.29 is 4.42 Å². The lowest BCUT2D eigenvalue weighted by Gasteiger charge is -2.29. The van der Waals surface area contributed by atoms with E-state index < -0.39 is 0 Å². The molecule has 2 nitrogen and oxygen atoms in total. The van der Waals surface area contributed by atoms with Crippen LogP contribution in [-0.2, 0) is 5.41 Å². The van der Waals surface area contributed by atoms with Gasteiger partial charge in [-0.2, -0.15) is 0 Å². The quantitative estimate of drug-likeness (QED) is 0.177. The van der Waals surface area contributed by atoms with Gasteiger partial charge in [-0.3, -0.25) is 0 Å². The van der Waals surface area contributed by atoms with Crippen molar-refractivity contribution in [3.63, 3.8) is 0 Å². The molecule has 1 heterocycles. The Bertz CT molecular complexity index is 3120. The lowest BCUT2D eigenvalue weighted by Crippen LogP contribution is -2.16. The summed E-state index contributed by atoms with van der Waals surface area (Å²) in [6.07, 6.45) is 0. The molecule has 260 valence electrons. The molecule has 9 aromatic carbocycles. The first-order valence-electron chi connectivity index (χ1n) is 19.1. The molecule has 0 N–H and O–H groups in total. The van der Waals surface area contributed by atoms with E-state index >= 15 is 0 Å². The minimum atomic E-state index is -0.131. The van der Waals surface area contributed by atoms with Crippen molar-refractivity contribution in [1.82, 2.24) is 0 Å². The van der Waals surface area contributed by atoms with E-state index in [1.807, 2.05) is 0 Å². The van der Waals surface area contributed by atoms with Crippen LogP contribution in [0.15, 0.2) is 192 Å². The van der Waals surface area contributed by atoms with Crippen LogP contribution in [0.4, 0.5) is 17.1 Å². The van der Waals surface area contributed by atoms with Crippen molar-refractivity contribution in [2.75, 3.05) is 4.90 Å². The zero-order valence-electron chi connectivity index (χ0n) is 30.8. The SMILES string of the molecule is CC1(C)c2ccccc2-c2ccc(N(c3ccc4ccccc4c3)c3cc4c5ccc(-c6ccccc6)c(-c6ccccc6)c5oc4c4ccccc34)cc21. The maximum Gasteiger partial charge on any atom is 0.143 e. The van der Waals surface area contributed by atoms with E-state index in [0.717, 1.165) is 66.5 Å². The Morgan fingerprint density at radius 3 is 1.82 bits per heavy atom. The van der Waals surface area contributed by atoms with Gasteiger partial charge in [0, 0.05) is 43.9 Å². The summed E-state index contributed by atoms with van der Waals surface area (Å²) in [4.78, 5) is 2.46. The third-order valence-electron chi connectivity index (χ3n) is 11.8. The van der Waals surface area contributed by atoms with Gasteiger partial charge in [0.25, 0.3) is 0 Å². The Morgan fingerprint density at radius 2 is 1.00 bits per heavy atom. The molecule has 0 saturated heterocycles. The number of hydrogen-bond acceptors (Lipinski definition) is 2. The Balaban J connectivity index is 1.21. The van der Waals surface area contributed by atoms with Gasteiger partial charge in [-0.05, 0) is 86.1 Å². The summed E-state index contributed by atoms with van der Waals surface area (Å²) in [5.74, 6) is 0. The van der Waals surface area contributed by atoms with Gasteiger partial charge in [0.05, 0.1) is 5.69 Å². The van der Waals surface area contributed by atoms with E-state index in [0.29, 0.717) is 0 Å². The van der Waals surface area contributed by atoms with Crippen molar-refractivity contribution >= 4 is 60.5 Å². The first-order valence-corrected chi connectivity index (χ1v) is 19.1. The molecular formula is C53H37NO. The molecular weight excluding hydrogens is 667 g/mol. The van der Waals surface area contributed by atoms with E-state index in [9.17, 15) is 0 Å². The van der Waals surface area contributed by atoms with E-state index in [4.69, 9.17) is 4.42 Å². The number of rotatable bonds is 5. The number of fused-ring (bicyclic) bond motifs is 9. The molecule has 1 aliphatic carbocycles. The van der Waals surface area contributed by atoms with Crippen LogP contribution in [0.1, 0.15) is 25.0 Å². The fourth-order valence-corrected chi connectivity index (χ4v) is 9.15. The van der Waals surface area contributed by atoms with E-state index in [1.54, 1.807) is 0 Å².